The van der Waals surface area contributed by atoms with E-state index >= 15 is 0 Å². The summed E-state index contributed by atoms with van der Waals surface area (Å²) in [6.45, 7) is 11.5. The van der Waals surface area contributed by atoms with Crippen molar-refractivity contribution in [2.45, 2.75) is 34.1 Å². The maximum absolute atomic E-state index is 11.9. The van der Waals surface area contributed by atoms with Gasteiger partial charge in [-0.05, 0) is 11.8 Å². The van der Waals surface area contributed by atoms with Crippen LogP contribution in [-0.4, -0.2) is 54.5 Å². The van der Waals surface area contributed by atoms with Gasteiger partial charge in [0.2, 0.25) is 5.91 Å². The molecule has 1 aliphatic rings. The average molecular weight is 269 g/mol. The summed E-state index contributed by atoms with van der Waals surface area (Å²) in [6, 6.07) is -0.00958. The van der Waals surface area contributed by atoms with Crippen LogP contribution in [0, 0.1) is 11.8 Å². The summed E-state index contributed by atoms with van der Waals surface area (Å²) in [7, 11) is 0. The van der Waals surface area contributed by atoms with Crippen molar-refractivity contribution >= 4 is 11.9 Å². The summed E-state index contributed by atoms with van der Waals surface area (Å²) in [5, 5.41) is 2.91. The molecule has 19 heavy (non-hydrogen) atoms. The Morgan fingerprint density at radius 1 is 0.947 bits per heavy atom. The largest absolute Gasteiger partial charge is 0.339 e. The van der Waals surface area contributed by atoms with Gasteiger partial charge in [0.05, 0.1) is 0 Å². The fourth-order valence-electron chi connectivity index (χ4n) is 2.04. The van der Waals surface area contributed by atoms with Gasteiger partial charge in [-0.15, -0.1) is 0 Å². The van der Waals surface area contributed by atoms with E-state index < -0.39 is 0 Å². The van der Waals surface area contributed by atoms with E-state index in [1.807, 2.05) is 18.7 Å². The standard InChI is InChI=1S/C14H27N3O2/c1-11(2)9-13(18)16-5-7-17(8-6-16)14(19)15-10-12(3)4/h11-12H,5-10H2,1-4H3,(H,15,19). The first-order chi connectivity index (χ1) is 8.90. The van der Waals surface area contributed by atoms with Crippen molar-refractivity contribution < 1.29 is 9.59 Å². The number of piperazine rings is 1. The monoisotopic (exact) mass is 269 g/mol. The Bertz CT molecular complexity index is 308. The van der Waals surface area contributed by atoms with Crippen LogP contribution in [0.1, 0.15) is 34.1 Å². The number of carbonyl (C=O) groups excluding carboxylic acids is 2. The van der Waals surface area contributed by atoms with Crippen LogP contribution < -0.4 is 5.32 Å². The second-order valence-electron chi connectivity index (χ2n) is 6.05. The third-order valence-corrected chi connectivity index (χ3v) is 3.16. The Balaban J connectivity index is 2.32. The molecule has 0 aromatic carbocycles. The molecule has 3 amide bonds. The molecule has 0 spiro atoms. The Hall–Kier alpha value is -1.26. The van der Waals surface area contributed by atoms with Gasteiger partial charge in [0, 0.05) is 39.1 Å². The molecule has 0 aromatic heterocycles. The van der Waals surface area contributed by atoms with Gasteiger partial charge < -0.3 is 15.1 Å². The molecule has 0 aliphatic carbocycles. The second kappa shape index (κ2) is 7.36. The van der Waals surface area contributed by atoms with Crippen LogP contribution in [0.25, 0.3) is 0 Å². The Morgan fingerprint density at radius 2 is 1.47 bits per heavy atom. The van der Waals surface area contributed by atoms with Gasteiger partial charge in [0.25, 0.3) is 0 Å². The summed E-state index contributed by atoms with van der Waals surface area (Å²) in [4.78, 5) is 27.4. The quantitative estimate of drug-likeness (QED) is 0.841. The minimum Gasteiger partial charge on any atom is -0.339 e. The molecule has 0 unspecified atom stereocenters. The zero-order valence-electron chi connectivity index (χ0n) is 12.6. The molecule has 0 radical (unpaired) electrons. The van der Waals surface area contributed by atoms with Crippen molar-refractivity contribution in [1.29, 1.82) is 0 Å². The van der Waals surface area contributed by atoms with Crippen LogP contribution in [0.2, 0.25) is 0 Å². The summed E-state index contributed by atoms with van der Waals surface area (Å²) in [5.41, 5.74) is 0. The van der Waals surface area contributed by atoms with Gasteiger partial charge in [-0.1, -0.05) is 27.7 Å². The minimum atomic E-state index is -0.00958. The normalized spacial score (nSPS) is 16.1. The number of rotatable bonds is 4. The van der Waals surface area contributed by atoms with Crippen LogP contribution in [0.3, 0.4) is 0 Å². The predicted molar refractivity (Wildman–Crippen MR) is 75.8 cm³/mol. The lowest BCUT2D eigenvalue weighted by Gasteiger charge is -2.35. The lowest BCUT2D eigenvalue weighted by Crippen LogP contribution is -2.53. The highest BCUT2D eigenvalue weighted by Gasteiger charge is 2.24. The molecule has 1 aliphatic heterocycles. The van der Waals surface area contributed by atoms with Crippen molar-refractivity contribution in [1.82, 2.24) is 15.1 Å². The highest BCUT2D eigenvalue weighted by atomic mass is 16.2. The van der Waals surface area contributed by atoms with Gasteiger partial charge in [-0.25, -0.2) is 4.79 Å². The van der Waals surface area contributed by atoms with Gasteiger partial charge in [-0.2, -0.15) is 0 Å². The van der Waals surface area contributed by atoms with Gasteiger partial charge >= 0.3 is 6.03 Å². The smallest absolute Gasteiger partial charge is 0.317 e. The van der Waals surface area contributed by atoms with Gasteiger partial charge in [0.15, 0.2) is 0 Å². The van der Waals surface area contributed by atoms with Crippen LogP contribution in [-0.2, 0) is 4.79 Å². The summed E-state index contributed by atoms with van der Waals surface area (Å²) < 4.78 is 0. The first kappa shape index (κ1) is 15.8. The molecule has 1 saturated heterocycles. The van der Waals surface area contributed by atoms with E-state index in [0.717, 1.165) is 0 Å². The fraction of sp³-hybridized carbons (Fsp3) is 0.857. The molecule has 1 heterocycles. The van der Waals surface area contributed by atoms with E-state index in [1.54, 1.807) is 4.90 Å². The van der Waals surface area contributed by atoms with Crippen LogP contribution >= 0.6 is 0 Å². The average Bonchev–Trinajstić information content (AvgIpc) is 2.35. The van der Waals surface area contributed by atoms with Crippen LogP contribution in [0.15, 0.2) is 0 Å². The maximum Gasteiger partial charge on any atom is 0.317 e. The highest BCUT2D eigenvalue weighted by molar-refractivity contribution is 5.77. The topological polar surface area (TPSA) is 52.7 Å². The molecule has 0 aromatic rings. The Kier molecular flexibility index (Phi) is 6.12. The van der Waals surface area contributed by atoms with Crippen molar-refractivity contribution in [3.63, 3.8) is 0 Å². The van der Waals surface area contributed by atoms with Crippen molar-refractivity contribution in [2.75, 3.05) is 32.7 Å². The number of amides is 3. The number of hydrogen-bond donors (Lipinski definition) is 1. The SMILES string of the molecule is CC(C)CNC(=O)N1CCN(C(=O)CC(C)C)CC1. The lowest BCUT2D eigenvalue weighted by atomic mass is 10.1. The number of hydrogen-bond acceptors (Lipinski definition) is 2. The van der Waals surface area contributed by atoms with E-state index in [1.165, 1.54) is 0 Å². The van der Waals surface area contributed by atoms with Gasteiger partial charge in [-0.3, -0.25) is 4.79 Å². The third-order valence-electron chi connectivity index (χ3n) is 3.16. The third kappa shape index (κ3) is 5.49. The van der Waals surface area contributed by atoms with Crippen molar-refractivity contribution in [2.24, 2.45) is 11.8 Å². The second-order valence-corrected chi connectivity index (χ2v) is 6.05. The molecule has 110 valence electrons. The molecule has 0 saturated carbocycles. The molecule has 1 N–H and O–H groups in total. The number of nitrogens with zero attached hydrogens (tertiary/aromatic N) is 2. The van der Waals surface area contributed by atoms with Gasteiger partial charge in [0.1, 0.15) is 0 Å². The molecule has 0 atom stereocenters. The zero-order valence-corrected chi connectivity index (χ0v) is 12.6. The van der Waals surface area contributed by atoms with E-state index in [-0.39, 0.29) is 11.9 Å². The van der Waals surface area contributed by atoms with Crippen molar-refractivity contribution in [3.8, 4) is 0 Å². The van der Waals surface area contributed by atoms with E-state index in [0.29, 0.717) is 51.0 Å². The van der Waals surface area contributed by atoms with E-state index in [9.17, 15) is 9.59 Å². The summed E-state index contributed by atoms with van der Waals surface area (Å²) in [6.07, 6.45) is 0.597. The minimum absolute atomic E-state index is 0.00958. The molecule has 1 fully saturated rings. The number of carbonyl (C=O) groups is 2. The molecule has 5 nitrogen and oxygen atoms in total. The molecule has 0 bridgehead atoms. The first-order valence-electron chi connectivity index (χ1n) is 7.20. The lowest BCUT2D eigenvalue weighted by molar-refractivity contribution is -0.133. The van der Waals surface area contributed by atoms with E-state index in [4.69, 9.17) is 0 Å². The molecule has 1 rings (SSSR count). The molecule has 5 heteroatoms. The van der Waals surface area contributed by atoms with Crippen LogP contribution in [0.5, 0.6) is 0 Å². The van der Waals surface area contributed by atoms with Crippen LogP contribution in [0.4, 0.5) is 4.79 Å². The van der Waals surface area contributed by atoms with Crippen molar-refractivity contribution in [3.05, 3.63) is 0 Å². The molecular formula is C14H27N3O2. The predicted octanol–water partition coefficient (Wildman–Crippen LogP) is 1.54. The number of nitrogens with one attached hydrogen (secondary N) is 1. The summed E-state index contributed by atoms with van der Waals surface area (Å²) >= 11 is 0. The maximum atomic E-state index is 11.9. The first-order valence-corrected chi connectivity index (χ1v) is 7.20. The fourth-order valence-corrected chi connectivity index (χ4v) is 2.04. The highest BCUT2D eigenvalue weighted by Crippen LogP contribution is 2.08. The molecular weight excluding hydrogens is 242 g/mol. The zero-order chi connectivity index (χ0) is 14.4. The number of urea groups is 1. The Labute approximate surface area is 116 Å². The van der Waals surface area contributed by atoms with E-state index in [2.05, 4.69) is 19.2 Å². The Morgan fingerprint density at radius 3 is 1.95 bits per heavy atom. The summed E-state index contributed by atoms with van der Waals surface area (Å²) in [5.74, 6) is 1.05.